The first-order valence-electron chi connectivity index (χ1n) is 14.1. The Balaban J connectivity index is 2.14. The van der Waals surface area contributed by atoms with E-state index in [9.17, 15) is 61.1 Å². The Bertz CT molecular complexity index is 2650. The highest BCUT2D eigenvalue weighted by atomic mass is 32.3. The van der Waals surface area contributed by atoms with Crippen LogP contribution in [0.3, 0.4) is 0 Å². The number of hydrogen-bond donors (Lipinski definition) is 7. The fourth-order valence-corrected chi connectivity index (χ4v) is 8.60. The van der Waals surface area contributed by atoms with Crippen LogP contribution in [0.5, 0.6) is 0 Å². The van der Waals surface area contributed by atoms with E-state index in [0.29, 0.717) is 18.2 Å². The molecule has 0 atom stereocenters. The quantitative estimate of drug-likeness (QED) is 0.0173. The van der Waals surface area contributed by atoms with Crippen LogP contribution in [0.4, 0.5) is 34.1 Å². The zero-order valence-corrected chi connectivity index (χ0v) is 32.4. The largest absolute Gasteiger partial charge is 0.478 e. The molecular weight excluding hydrogens is 885 g/mol. The Morgan fingerprint density at radius 2 is 1.18 bits per heavy atom. The molecule has 0 aromatic heterocycles. The van der Waals surface area contributed by atoms with Crippen molar-refractivity contribution in [3.8, 4) is 0 Å². The van der Waals surface area contributed by atoms with Crippen LogP contribution in [0, 0.1) is 6.92 Å². The van der Waals surface area contributed by atoms with Gasteiger partial charge in [0.1, 0.15) is 32.5 Å². The van der Waals surface area contributed by atoms with Gasteiger partial charge < -0.3 is 16.6 Å². The maximum atomic E-state index is 12.7. The molecule has 0 saturated heterocycles. The van der Waals surface area contributed by atoms with Crippen LogP contribution in [0.15, 0.2) is 76.4 Å². The molecule has 56 heavy (non-hydrogen) atoms. The number of benzene rings is 3. The molecule has 0 fully saturated rings. The first-order chi connectivity index (χ1) is 25.7. The Labute approximate surface area is 320 Å². The minimum Gasteiger partial charge on any atom is -0.478 e. The SMILES string of the molecule is Cc1c(N)c(/N=N/c2ccc(S(=O)(=O)CCOSOOO)cc2S(=O)(=O)O)c(N)c(/N=N/c2ccc(S(=O)(=O)CCOS(=O)(=O)O)cc2S(=O)(=O)O)c1C(=O)O. The number of carboxylic acids is 1. The number of carbonyl (C=O) groups is 1. The third-order valence-corrected chi connectivity index (χ3v) is 12.7. The van der Waals surface area contributed by atoms with E-state index in [1.54, 1.807) is 0 Å². The van der Waals surface area contributed by atoms with E-state index < -0.39 is 140 Å². The second-order valence-corrected chi connectivity index (χ2v) is 19.0. The van der Waals surface area contributed by atoms with Crippen molar-refractivity contribution in [3.63, 3.8) is 0 Å². The van der Waals surface area contributed by atoms with Crippen molar-refractivity contribution in [1.82, 2.24) is 0 Å². The van der Waals surface area contributed by atoms with E-state index >= 15 is 0 Å². The molecule has 0 saturated carbocycles. The standard InChI is InChI=1S/C24H26N6O20S6/c1-12-19(24(31)32)22(29-27-15-4-3-14(11-17(15)54(38,39)40)53(36,37)9-7-48-56(44,45)46)21(26)23(20(12)25)30-28-16-5-2-13(10-18(16)55(41,42)43)52(34,35)8-6-47-51-50-49-33/h2-5,10-11,33H,6-9,25-26H2,1H3,(H,31,32)(H,38,39,40)(H,41,42,43)(H,44,45,46)/b29-27+,30-28+. The van der Waals surface area contributed by atoms with Gasteiger partial charge in [-0.1, -0.05) is 5.04 Å². The zero-order valence-electron chi connectivity index (χ0n) is 27.5. The van der Waals surface area contributed by atoms with Gasteiger partial charge in [0.05, 0.1) is 51.4 Å². The van der Waals surface area contributed by atoms with Gasteiger partial charge in [-0.05, 0) is 48.9 Å². The second-order valence-electron chi connectivity index (χ2n) is 10.4. The number of nitrogens with zero attached hydrogens (tertiary/aromatic N) is 4. The molecular formula is C24H26N6O20S6. The van der Waals surface area contributed by atoms with E-state index in [1.165, 1.54) is 0 Å². The van der Waals surface area contributed by atoms with Gasteiger partial charge in [0.15, 0.2) is 32.0 Å². The normalized spacial score (nSPS) is 13.2. The number of rotatable bonds is 19. The predicted molar refractivity (Wildman–Crippen MR) is 188 cm³/mol. The van der Waals surface area contributed by atoms with Crippen molar-refractivity contribution in [2.75, 3.05) is 36.2 Å². The lowest BCUT2D eigenvalue weighted by molar-refractivity contribution is -0.434. The molecule has 0 aliphatic heterocycles. The third kappa shape index (κ3) is 11.9. The van der Waals surface area contributed by atoms with Gasteiger partial charge in [0.2, 0.25) is 0 Å². The molecule has 0 unspecified atom stereocenters. The molecule has 3 rings (SSSR count). The molecule has 3 aromatic rings. The van der Waals surface area contributed by atoms with Gasteiger partial charge in [-0.2, -0.15) is 25.3 Å². The molecule has 0 radical (unpaired) electrons. The topological polar surface area (TPSA) is 427 Å². The van der Waals surface area contributed by atoms with Gasteiger partial charge in [-0.25, -0.2) is 31.1 Å². The summed E-state index contributed by atoms with van der Waals surface area (Å²) in [6, 6.07) is 4.08. The molecule has 32 heteroatoms. The van der Waals surface area contributed by atoms with E-state index in [1.807, 2.05) is 0 Å². The number of azo groups is 2. The molecule has 26 nitrogen and oxygen atoms in total. The van der Waals surface area contributed by atoms with Crippen molar-refractivity contribution in [2.24, 2.45) is 20.5 Å². The number of nitrogens with two attached hydrogens (primary N) is 2. The maximum Gasteiger partial charge on any atom is 0.397 e. The van der Waals surface area contributed by atoms with Gasteiger partial charge in [-0.15, -0.1) is 24.8 Å². The number of aromatic carboxylic acids is 1. The lowest BCUT2D eigenvalue weighted by atomic mass is 10.0. The summed E-state index contributed by atoms with van der Waals surface area (Å²) in [6.07, 6.45) is 0. The van der Waals surface area contributed by atoms with Crippen LogP contribution in [0.2, 0.25) is 0 Å². The molecule has 0 aliphatic rings. The monoisotopic (exact) mass is 910 g/mol. The van der Waals surface area contributed by atoms with Crippen molar-refractivity contribution >= 4 is 103 Å². The van der Waals surface area contributed by atoms with E-state index in [2.05, 4.69) is 38.2 Å². The van der Waals surface area contributed by atoms with Crippen LogP contribution in [-0.2, 0) is 68.0 Å². The highest BCUT2D eigenvalue weighted by Crippen LogP contribution is 2.45. The summed E-state index contributed by atoms with van der Waals surface area (Å²) in [4.78, 5) is 8.53. The van der Waals surface area contributed by atoms with Crippen molar-refractivity contribution in [3.05, 3.63) is 47.5 Å². The van der Waals surface area contributed by atoms with E-state index in [4.69, 9.17) is 21.3 Å². The molecule has 0 heterocycles. The molecule has 0 bridgehead atoms. The molecule has 0 amide bonds. The summed E-state index contributed by atoms with van der Waals surface area (Å²) in [5, 5.41) is 35.9. The number of hydrogen-bond acceptors (Lipinski definition) is 23. The minimum atomic E-state index is -5.32. The highest BCUT2D eigenvalue weighted by Gasteiger charge is 2.27. The molecule has 0 spiro atoms. The van der Waals surface area contributed by atoms with Crippen molar-refractivity contribution < 1.29 is 88.6 Å². The highest BCUT2D eigenvalue weighted by molar-refractivity contribution is 7.92. The zero-order chi connectivity index (χ0) is 42.4. The molecule has 3 aromatic carbocycles. The number of nitrogen functional groups attached to an aromatic ring is 2. The Hall–Kier alpha value is -4.29. The summed E-state index contributed by atoms with van der Waals surface area (Å²) >= 11 is 0.0737. The van der Waals surface area contributed by atoms with Gasteiger partial charge in [-0.3, -0.25) is 17.8 Å². The summed E-state index contributed by atoms with van der Waals surface area (Å²) in [5.41, 5.74) is 7.09. The van der Waals surface area contributed by atoms with E-state index in [0.717, 1.165) is 25.1 Å². The Morgan fingerprint density at radius 3 is 1.61 bits per heavy atom. The summed E-state index contributed by atoms with van der Waals surface area (Å²) in [7, 11) is -24.4. The second kappa shape index (κ2) is 17.9. The number of anilines is 2. The van der Waals surface area contributed by atoms with Crippen LogP contribution >= 0.6 is 12.3 Å². The fourth-order valence-electron chi connectivity index (χ4n) is 4.21. The number of carboxylic acid groups (broad SMARTS) is 1. The summed E-state index contributed by atoms with van der Waals surface area (Å²) in [5.74, 6) is -3.57. The van der Waals surface area contributed by atoms with Crippen LogP contribution in [-0.4, -0.2) is 96.8 Å². The van der Waals surface area contributed by atoms with Crippen LogP contribution in [0.1, 0.15) is 15.9 Å². The first kappa shape index (κ1) is 46.1. The molecule has 0 aliphatic carbocycles. The summed E-state index contributed by atoms with van der Waals surface area (Å²) < 4.78 is 162. The Kier molecular flexibility index (Phi) is 14.7. The van der Waals surface area contributed by atoms with Crippen LogP contribution in [0.25, 0.3) is 0 Å². The third-order valence-electron chi connectivity index (χ3n) is 6.77. The number of sulfone groups is 2. The lowest BCUT2D eigenvalue weighted by Crippen LogP contribution is -2.16. The van der Waals surface area contributed by atoms with Crippen LogP contribution < -0.4 is 11.5 Å². The average Bonchev–Trinajstić information content (AvgIpc) is 3.07. The average molecular weight is 911 g/mol. The predicted octanol–water partition coefficient (Wildman–Crippen LogP) is 2.55. The minimum absolute atomic E-state index is 0.0737. The molecule has 9 N–H and O–H groups in total. The van der Waals surface area contributed by atoms with Crippen molar-refractivity contribution in [2.45, 2.75) is 26.5 Å². The smallest absolute Gasteiger partial charge is 0.397 e. The summed E-state index contributed by atoms with van der Waals surface area (Å²) in [6.45, 7) is -0.498. The van der Waals surface area contributed by atoms with Gasteiger partial charge >= 0.3 is 16.4 Å². The van der Waals surface area contributed by atoms with E-state index in [-0.39, 0.29) is 17.9 Å². The fraction of sp³-hybridized carbons (Fsp3) is 0.208. The Morgan fingerprint density at radius 1 is 0.714 bits per heavy atom. The molecule has 308 valence electrons. The lowest BCUT2D eigenvalue weighted by Gasteiger charge is -2.14. The van der Waals surface area contributed by atoms with Gasteiger partial charge in [0.25, 0.3) is 20.2 Å². The maximum absolute atomic E-state index is 12.7. The van der Waals surface area contributed by atoms with Gasteiger partial charge in [0, 0.05) is 0 Å². The van der Waals surface area contributed by atoms with Crippen molar-refractivity contribution in [1.29, 1.82) is 0 Å². The first-order valence-corrected chi connectivity index (χ1v) is 22.3.